The largest absolute Gasteiger partial charge is 0.497 e. The van der Waals surface area contributed by atoms with Gasteiger partial charge in [0.15, 0.2) is 0 Å². The summed E-state index contributed by atoms with van der Waals surface area (Å²) in [5.74, 6) is 0.961. The maximum absolute atomic E-state index is 12.6. The van der Waals surface area contributed by atoms with E-state index in [1.807, 2.05) is 18.2 Å². The van der Waals surface area contributed by atoms with Crippen molar-refractivity contribution in [2.75, 3.05) is 26.7 Å². The number of ether oxygens (including phenoxy) is 2. The average Bonchev–Trinajstić information content (AvgIpc) is 2.88. The number of H-pyrrole nitrogens is 1. The number of aromatic amines is 1. The average molecular weight is 303 g/mol. The molecule has 0 radical (unpaired) electrons. The van der Waals surface area contributed by atoms with Crippen LogP contribution in [0.1, 0.15) is 24.2 Å². The minimum Gasteiger partial charge on any atom is -0.497 e. The van der Waals surface area contributed by atoms with Gasteiger partial charge in [0.25, 0.3) is 0 Å². The van der Waals surface area contributed by atoms with Crippen LogP contribution < -0.4 is 9.64 Å². The number of hydrogen-bond acceptors (Lipinski definition) is 3. The smallest absolute Gasteiger partial charge is 0.219 e. The number of methoxy groups -OCH3 is 1. The van der Waals surface area contributed by atoms with Crippen molar-refractivity contribution in [3.05, 3.63) is 30.0 Å². The molecule has 5 nitrogen and oxygen atoms in total. The number of hydrogen-bond donors (Lipinski definition) is 2. The molecule has 0 saturated carbocycles. The Morgan fingerprint density at radius 3 is 2.77 bits per heavy atom. The zero-order valence-electron chi connectivity index (χ0n) is 13.3. The van der Waals surface area contributed by atoms with Crippen LogP contribution in [0.4, 0.5) is 0 Å². The Hall–Kier alpha value is -1.85. The summed E-state index contributed by atoms with van der Waals surface area (Å²) in [6, 6.07) is 5.74. The molecule has 5 heteroatoms. The molecular weight excluding hydrogens is 280 g/mol. The van der Waals surface area contributed by atoms with Crippen LogP contribution in [0.15, 0.2) is 24.4 Å². The quantitative estimate of drug-likeness (QED) is 0.830. The van der Waals surface area contributed by atoms with E-state index in [0.29, 0.717) is 6.54 Å². The third-order valence-corrected chi connectivity index (χ3v) is 4.22. The molecule has 0 aliphatic carbocycles. The summed E-state index contributed by atoms with van der Waals surface area (Å²) in [6.45, 7) is 6.41. The topological polar surface area (TPSA) is 55.8 Å². The molecule has 2 atom stereocenters. The number of rotatable bonds is 4. The van der Waals surface area contributed by atoms with E-state index < -0.39 is 0 Å². The molecular formula is C17H23N2O3+. The van der Waals surface area contributed by atoms with Gasteiger partial charge < -0.3 is 19.4 Å². The molecule has 2 heterocycles. The van der Waals surface area contributed by atoms with Crippen molar-refractivity contribution in [2.45, 2.75) is 26.1 Å². The van der Waals surface area contributed by atoms with E-state index >= 15 is 0 Å². The molecule has 22 heavy (non-hydrogen) atoms. The van der Waals surface area contributed by atoms with Gasteiger partial charge in [-0.3, -0.25) is 4.79 Å². The van der Waals surface area contributed by atoms with Crippen LogP contribution in [-0.2, 0) is 4.74 Å². The van der Waals surface area contributed by atoms with Crippen LogP contribution in [0, 0.1) is 0 Å². The van der Waals surface area contributed by atoms with Crippen LogP contribution in [0.5, 0.6) is 5.75 Å². The number of quaternary nitrogens is 1. The molecule has 1 aliphatic rings. The lowest BCUT2D eigenvalue weighted by Crippen LogP contribution is -3.16. The maximum Gasteiger partial charge on any atom is 0.219 e. The molecule has 1 fully saturated rings. The highest BCUT2D eigenvalue weighted by molar-refractivity contribution is 6.08. The van der Waals surface area contributed by atoms with Crippen LogP contribution in [0.3, 0.4) is 0 Å². The molecule has 1 aliphatic heterocycles. The second-order valence-electron chi connectivity index (χ2n) is 6.13. The summed E-state index contributed by atoms with van der Waals surface area (Å²) < 4.78 is 10.9. The SMILES string of the molecule is COc1ccc2c(C(=O)C[NH+]3C[C@@H](C)O[C@H](C)C3)c[nH]c2c1. The third kappa shape index (κ3) is 3.00. The van der Waals surface area contributed by atoms with Crippen molar-refractivity contribution < 1.29 is 19.2 Å². The highest BCUT2D eigenvalue weighted by atomic mass is 16.5. The third-order valence-electron chi connectivity index (χ3n) is 4.22. The predicted octanol–water partition coefficient (Wildman–Crippen LogP) is 1.05. The van der Waals surface area contributed by atoms with Crippen LogP contribution in [0.2, 0.25) is 0 Å². The Balaban J connectivity index is 1.77. The first-order valence-electron chi connectivity index (χ1n) is 7.74. The lowest BCUT2D eigenvalue weighted by Gasteiger charge is -2.31. The zero-order chi connectivity index (χ0) is 15.7. The molecule has 1 aromatic heterocycles. The number of Topliss-reactive ketones (excluding diaryl/α,β-unsaturated/α-hetero) is 1. The van der Waals surface area contributed by atoms with Gasteiger partial charge in [-0.15, -0.1) is 0 Å². The molecule has 2 N–H and O–H groups in total. The number of nitrogens with one attached hydrogen (secondary N) is 2. The van der Waals surface area contributed by atoms with E-state index in [0.717, 1.165) is 35.3 Å². The number of benzene rings is 1. The number of aromatic nitrogens is 1. The first kappa shape index (κ1) is 15.1. The first-order chi connectivity index (χ1) is 10.6. The van der Waals surface area contributed by atoms with Crippen molar-refractivity contribution >= 4 is 16.7 Å². The zero-order valence-corrected chi connectivity index (χ0v) is 13.3. The van der Waals surface area contributed by atoms with E-state index in [1.165, 1.54) is 4.90 Å². The van der Waals surface area contributed by atoms with Crippen molar-refractivity contribution in [3.63, 3.8) is 0 Å². The van der Waals surface area contributed by atoms with Crippen LogP contribution in [-0.4, -0.2) is 49.7 Å². The fraction of sp³-hybridized carbons (Fsp3) is 0.471. The number of fused-ring (bicyclic) bond motifs is 1. The Morgan fingerprint density at radius 2 is 2.09 bits per heavy atom. The monoisotopic (exact) mass is 303 g/mol. The number of morpholine rings is 1. The number of ketones is 1. The normalized spacial score (nSPS) is 25.3. The van der Waals surface area contributed by atoms with Gasteiger partial charge in [-0.05, 0) is 26.0 Å². The van der Waals surface area contributed by atoms with E-state index in [2.05, 4.69) is 18.8 Å². The van der Waals surface area contributed by atoms with Crippen molar-refractivity contribution in [1.29, 1.82) is 0 Å². The fourth-order valence-electron chi connectivity index (χ4n) is 3.32. The van der Waals surface area contributed by atoms with Crippen molar-refractivity contribution in [2.24, 2.45) is 0 Å². The highest BCUT2D eigenvalue weighted by Gasteiger charge is 2.28. The second kappa shape index (κ2) is 6.10. The van der Waals surface area contributed by atoms with Gasteiger partial charge in [0.1, 0.15) is 37.6 Å². The molecule has 0 bridgehead atoms. The fourth-order valence-corrected chi connectivity index (χ4v) is 3.32. The Bertz CT molecular complexity index is 670. The number of carbonyl (C=O) groups excluding carboxylic acids is 1. The summed E-state index contributed by atoms with van der Waals surface area (Å²) in [6.07, 6.45) is 2.22. The summed E-state index contributed by atoms with van der Waals surface area (Å²) in [5.41, 5.74) is 1.69. The highest BCUT2D eigenvalue weighted by Crippen LogP contribution is 2.23. The molecule has 0 spiro atoms. The Labute approximate surface area is 130 Å². The van der Waals surface area contributed by atoms with Gasteiger partial charge in [-0.1, -0.05) is 0 Å². The van der Waals surface area contributed by atoms with Gasteiger partial charge >= 0.3 is 0 Å². The first-order valence-corrected chi connectivity index (χ1v) is 7.74. The Kier molecular flexibility index (Phi) is 4.18. The standard InChI is InChI=1S/C17H22N2O3/c1-11-8-19(9-12(2)22-11)10-17(20)15-7-18-16-6-13(21-3)4-5-14(15)16/h4-7,11-12,18H,8-10H2,1-3H3/p+1/t11-,12-/m1/s1. The van der Waals surface area contributed by atoms with E-state index in [4.69, 9.17) is 9.47 Å². The lowest BCUT2D eigenvalue weighted by atomic mass is 10.1. The van der Waals surface area contributed by atoms with Gasteiger partial charge in [-0.2, -0.15) is 0 Å². The molecule has 118 valence electrons. The molecule has 1 saturated heterocycles. The maximum atomic E-state index is 12.6. The molecule has 0 unspecified atom stereocenters. The molecule has 0 amide bonds. The van der Waals surface area contributed by atoms with Gasteiger partial charge in [0.2, 0.25) is 5.78 Å². The van der Waals surface area contributed by atoms with Crippen molar-refractivity contribution in [3.8, 4) is 5.75 Å². The molecule has 2 aromatic rings. The van der Waals surface area contributed by atoms with Crippen molar-refractivity contribution in [1.82, 2.24) is 4.98 Å². The van der Waals surface area contributed by atoms with Gasteiger partial charge in [-0.25, -0.2) is 0 Å². The van der Waals surface area contributed by atoms with Crippen LogP contribution >= 0.6 is 0 Å². The van der Waals surface area contributed by atoms with Crippen LogP contribution in [0.25, 0.3) is 10.9 Å². The minimum absolute atomic E-state index is 0.174. The van der Waals surface area contributed by atoms with E-state index in [1.54, 1.807) is 13.3 Å². The van der Waals surface area contributed by atoms with E-state index in [9.17, 15) is 4.79 Å². The molecule has 1 aromatic carbocycles. The summed E-state index contributed by atoms with van der Waals surface area (Å²) >= 11 is 0. The van der Waals surface area contributed by atoms with Gasteiger partial charge in [0.05, 0.1) is 7.11 Å². The number of carbonyl (C=O) groups is 1. The predicted molar refractivity (Wildman–Crippen MR) is 84.8 cm³/mol. The molecule has 3 rings (SSSR count). The summed E-state index contributed by atoms with van der Waals surface area (Å²) in [4.78, 5) is 17.1. The second-order valence-corrected chi connectivity index (χ2v) is 6.13. The summed E-state index contributed by atoms with van der Waals surface area (Å²) in [5, 5.41) is 0.958. The lowest BCUT2D eigenvalue weighted by molar-refractivity contribution is -0.906. The Morgan fingerprint density at radius 1 is 1.36 bits per heavy atom. The van der Waals surface area contributed by atoms with Gasteiger partial charge in [0, 0.05) is 28.7 Å². The summed E-state index contributed by atoms with van der Waals surface area (Å²) in [7, 11) is 1.64. The van der Waals surface area contributed by atoms with E-state index in [-0.39, 0.29) is 18.0 Å². The minimum atomic E-state index is 0.174.